The molecule has 3 rings (SSSR count). The number of nitrogens with one attached hydrogen (secondary N) is 1. The van der Waals surface area contributed by atoms with E-state index in [1.54, 1.807) is 18.2 Å². The van der Waals surface area contributed by atoms with Crippen LogP contribution in [0.25, 0.3) is 0 Å². The minimum absolute atomic E-state index is 0.0768. The van der Waals surface area contributed by atoms with Crippen molar-refractivity contribution in [1.82, 2.24) is 10.3 Å². The highest BCUT2D eigenvalue weighted by molar-refractivity contribution is 7.80. The van der Waals surface area contributed by atoms with Gasteiger partial charge in [0, 0.05) is 24.8 Å². The maximum absolute atomic E-state index is 14.8. The SMILES string of the molecule is O=C(NCc1ccc(C(F)(F)F)nc1)c1ccc(N(CCc2cccc(Cl)c2Cl)S(=O)O)c(F)c1. The van der Waals surface area contributed by atoms with E-state index in [9.17, 15) is 31.1 Å². The van der Waals surface area contributed by atoms with E-state index in [0.717, 1.165) is 22.6 Å². The number of amides is 1. The van der Waals surface area contributed by atoms with Crippen molar-refractivity contribution in [3.63, 3.8) is 0 Å². The zero-order chi connectivity index (χ0) is 25.8. The van der Waals surface area contributed by atoms with Crippen LogP contribution in [0.4, 0.5) is 23.2 Å². The fourth-order valence-corrected chi connectivity index (χ4v) is 4.06. The minimum atomic E-state index is -4.58. The number of rotatable bonds is 8. The molecule has 1 amide bonds. The third kappa shape index (κ3) is 6.91. The van der Waals surface area contributed by atoms with Crippen molar-refractivity contribution in [2.75, 3.05) is 10.8 Å². The summed E-state index contributed by atoms with van der Waals surface area (Å²) in [6.45, 7) is -0.215. The Kier molecular flexibility index (Phi) is 8.70. The highest BCUT2D eigenvalue weighted by atomic mass is 35.5. The number of carbonyl (C=O) groups is 1. The molecule has 13 heteroatoms. The van der Waals surface area contributed by atoms with Crippen LogP contribution in [0.2, 0.25) is 10.0 Å². The Morgan fingerprint density at radius 2 is 1.89 bits per heavy atom. The molecule has 0 bridgehead atoms. The normalized spacial score (nSPS) is 12.3. The molecule has 186 valence electrons. The second kappa shape index (κ2) is 11.3. The Hall–Kier alpha value is -2.73. The first-order valence-corrected chi connectivity index (χ1v) is 11.7. The van der Waals surface area contributed by atoms with Gasteiger partial charge in [0.1, 0.15) is 11.5 Å². The van der Waals surface area contributed by atoms with Crippen molar-refractivity contribution in [3.05, 3.63) is 93.0 Å². The molecule has 0 aliphatic heterocycles. The van der Waals surface area contributed by atoms with Crippen molar-refractivity contribution in [1.29, 1.82) is 0 Å². The molecule has 0 aliphatic rings. The molecule has 0 spiro atoms. The monoisotopic (exact) mass is 549 g/mol. The number of benzene rings is 2. The van der Waals surface area contributed by atoms with Crippen LogP contribution >= 0.6 is 23.2 Å². The van der Waals surface area contributed by atoms with Crippen LogP contribution < -0.4 is 9.62 Å². The number of hydrogen-bond acceptors (Lipinski definition) is 3. The number of alkyl halides is 3. The third-order valence-corrected chi connectivity index (χ3v) is 6.47. The van der Waals surface area contributed by atoms with Crippen molar-refractivity contribution in [3.8, 4) is 0 Å². The number of carbonyl (C=O) groups excluding carboxylic acids is 1. The highest BCUT2D eigenvalue weighted by Crippen LogP contribution is 2.28. The molecule has 0 aliphatic carbocycles. The lowest BCUT2D eigenvalue weighted by atomic mass is 10.1. The first-order chi connectivity index (χ1) is 16.5. The molecule has 2 aromatic carbocycles. The summed E-state index contributed by atoms with van der Waals surface area (Å²) < 4.78 is 74.9. The van der Waals surface area contributed by atoms with Crippen LogP contribution in [0, 0.1) is 5.82 Å². The summed E-state index contributed by atoms with van der Waals surface area (Å²) in [5.74, 6) is -1.62. The number of aromatic nitrogens is 1. The molecule has 6 nitrogen and oxygen atoms in total. The summed E-state index contributed by atoms with van der Waals surface area (Å²) in [4.78, 5) is 15.7. The lowest BCUT2D eigenvalue weighted by molar-refractivity contribution is -0.141. The molecule has 0 radical (unpaired) electrons. The van der Waals surface area contributed by atoms with E-state index in [-0.39, 0.29) is 35.8 Å². The van der Waals surface area contributed by atoms with Gasteiger partial charge in [-0.05, 0) is 47.9 Å². The molecule has 2 N–H and O–H groups in total. The number of pyridine rings is 1. The summed E-state index contributed by atoms with van der Waals surface area (Å²) in [6, 6.07) is 10.2. The molecule has 0 saturated carbocycles. The van der Waals surface area contributed by atoms with Gasteiger partial charge in [0.05, 0.1) is 15.7 Å². The van der Waals surface area contributed by atoms with Crippen LogP contribution in [0.3, 0.4) is 0 Å². The van der Waals surface area contributed by atoms with Gasteiger partial charge in [0.15, 0.2) is 0 Å². The lowest BCUT2D eigenvalue weighted by Crippen LogP contribution is -2.29. The van der Waals surface area contributed by atoms with Gasteiger partial charge < -0.3 is 5.32 Å². The quantitative estimate of drug-likeness (QED) is 0.280. The van der Waals surface area contributed by atoms with Crippen LogP contribution in [0.1, 0.15) is 27.2 Å². The molecule has 1 atom stereocenters. The summed E-state index contributed by atoms with van der Waals surface area (Å²) in [5.41, 5.74) is -0.456. The molecule has 0 fully saturated rings. The lowest BCUT2D eigenvalue weighted by Gasteiger charge is -2.21. The van der Waals surface area contributed by atoms with Crippen LogP contribution in [0.5, 0.6) is 0 Å². The average Bonchev–Trinajstić information content (AvgIpc) is 2.80. The number of anilines is 1. The standard InChI is InChI=1S/C22H17Cl2F4N3O3S/c23-16-3-1-2-14(20(16)24)8-9-31(35(33)34)18-6-5-15(10-17(18)25)21(32)30-12-13-4-7-19(29-11-13)22(26,27)28/h1-7,10-11H,8-9,12H2,(H,30,32)(H,33,34). The minimum Gasteiger partial charge on any atom is -0.348 e. The van der Waals surface area contributed by atoms with Gasteiger partial charge in [0.25, 0.3) is 17.2 Å². The van der Waals surface area contributed by atoms with Gasteiger partial charge in [-0.2, -0.15) is 13.2 Å². The topological polar surface area (TPSA) is 82.5 Å². The van der Waals surface area contributed by atoms with Crippen LogP contribution in [-0.2, 0) is 30.4 Å². The second-order valence-corrected chi connectivity index (χ2v) is 8.88. The van der Waals surface area contributed by atoms with Gasteiger partial charge in [-0.3, -0.25) is 18.6 Å². The number of halogens is 6. The van der Waals surface area contributed by atoms with E-state index in [4.69, 9.17) is 23.2 Å². The van der Waals surface area contributed by atoms with E-state index in [1.165, 1.54) is 18.2 Å². The van der Waals surface area contributed by atoms with E-state index in [1.807, 2.05) is 0 Å². The molecule has 3 aromatic rings. The maximum atomic E-state index is 14.8. The first-order valence-electron chi connectivity index (χ1n) is 9.88. The van der Waals surface area contributed by atoms with E-state index in [0.29, 0.717) is 16.1 Å². The summed E-state index contributed by atoms with van der Waals surface area (Å²) in [7, 11) is 0. The van der Waals surface area contributed by atoms with Gasteiger partial charge in [0.2, 0.25) is 0 Å². The fourth-order valence-electron chi connectivity index (χ4n) is 3.08. The third-order valence-electron chi connectivity index (χ3n) is 4.85. The van der Waals surface area contributed by atoms with Crippen molar-refractivity contribution in [2.45, 2.75) is 19.1 Å². The Morgan fingerprint density at radius 1 is 1.14 bits per heavy atom. The van der Waals surface area contributed by atoms with Gasteiger partial charge in [-0.25, -0.2) is 8.60 Å². The van der Waals surface area contributed by atoms with Crippen molar-refractivity contribution in [2.24, 2.45) is 0 Å². The van der Waals surface area contributed by atoms with Crippen molar-refractivity contribution < 1.29 is 31.1 Å². The van der Waals surface area contributed by atoms with Gasteiger partial charge in [-0.1, -0.05) is 41.4 Å². The summed E-state index contributed by atoms with van der Waals surface area (Å²) >= 11 is 9.52. The zero-order valence-corrected chi connectivity index (χ0v) is 20.0. The van der Waals surface area contributed by atoms with Gasteiger partial charge in [-0.15, -0.1) is 0 Å². The molecular formula is C22H17Cl2F4N3O3S. The zero-order valence-electron chi connectivity index (χ0n) is 17.7. The first kappa shape index (κ1) is 26.9. The van der Waals surface area contributed by atoms with Crippen LogP contribution in [-0.4, -0.2) is 26.2 Å². The van der Waals surface area contributed by atoms with E-state index in [2.05, 4.69) is 10.3 Å². The van der Waals surface area contributed by atoms with Crippen molar-refractivity contribution >= 4 is 46.1 Å². The molecule has 0 saturated heterocycles. The Bertz CT molecular complexity index is 1240. The van der Waals surface area contributed by atoms with Gasteiger partial charge >= 0.3 is 6.18 Å². The molecule has 35 heavy (non-hydrogen) atoms. The molecule has 1 aromatic heterocycles. The highest BCUT2D eigenvalue weighted by Gasteiger charge is 2.32. The molecule has 1 unspecified atom stereocenters. The number of hydrogen-bond donors (Lipinski definition) is 2. The molecular weight excluding hydrogens is 533 g/mol. The number of nitrogens with zero attached hydrogens (tertiary/aromatic N) is 2. The average molecular weight is 550 g/mol. The van der Waals surface area contributed by atoms with E-state index >= 15 is 0 Å². The maximum Gasteiger partial charge on any atom is 0.433 e. The Balaban J connectivity index is 1.68. The Labute approximate surface area is 210 Å². The Morgan fingerprint density at radius 3 is 2.49 bits per heavy atom. The smallest absolute Gasteiger partial charge is 0.348 e. The van der Waals surface area contributed by atoms with E-state index < -0.39 is 34.9 Å². The van der Waals surface area contributed by atoms with Crippen LogP contribution in [0.15, 0.2) is 54.7 Å². The predicted octanol–water partition coefficient (Wildman–Crippen LogP) is 5.66. The fraction of sp³-hybridized carbons (Fsp3) is 0.182. The largest absolute Gasteiger partial charge is 0.433 e. The summed E-state index contributed by atoms with van der Waals surface area (Å²) in [5, 5.41) is 3.05. The second-order valence-electron chi connectivity index (χ2n) is 7.19. The summed E-state index contributed by atoms with van der Waals surface area (Å²) in [6.07, 6.45) is -3.41. The molecule has 1 heterocycles. The predicted molar refractivity (Wildman–Crippen MR) is 125 cm³/mol.